The van der Waals surface area contributed by atoms with Gasteiger partial charge in [-0.15, -0.1) is 0 Å². The van der Waals surface area contributed by atoms with E-state index in [2.05, 4.69) is 10.6 Å². The summed E-state index contributed by atoms with van der Waals surface area (Å²) in [5, 5.41) is 6.11. The number of halogens is 1. The molecule has 2 N–H and O–H groups in total. The summed E-state index contributed by atoms with van der Waals surface area (Å²) < 4.78 is 5.05. The van der Waals surface area contributed by atoms with Gasteiger partial charge in [0.15, 0.2) is 0 Å². The van der Waals surface area contributed by atoms with Crippen LogP contribution in [-0.4, -0.2) is 31.1 Å². The number of amides is 2. The minimum atomic E-state index is -0.293. The molecule has 1 aliphatic carbocycles. The molecule has 1 fully saturated rings. The van der Waals surface area contributed by atoms with Crippen LogP contribution in [0.25, 0.3) is 0 Å². The molecule has 0 spiro atoms. The number of carbonyl (C=O) groups is 2. The summed E-state index contributed by atoms with van der Waals surface area (Å²) >= 11 is 6.08. The van der Waals surface area contributed by atoms with Crippen LogP contribution in [0.3, 0.4) is 0 Å². The Morgan fingerprint density at radius 2 is 2.00 bits per heavy atom. The lowest BCUT2D eigenvalue weighted by Crippen LogP contribution is -2.36. The zero-order valence-corrected chi connectivity index (χ0v) is 14.1. The van der Waals surface area contributed by atoms with Crippen LogP contribution >= 0.6 is 11.6 Å². The molecule has 1 saturated carbocycles. The van der Waals surface area contributed by atoms with E-state index in [0.29, 0.717) is 22.9 Å². The smallest absolute Gasteiger partial charge is 0.251 e. The molecule has 1 aliphatic rings. The fourth-order valence-electron chi connectivity index (χ4n) is 2.66. The van der Waals surface area contributed by atoms with Crippen molar-refractivity contribution >= 4 is 29.1 Å². The van der Waals surface area contributed by atoms with E-state index in [4.69, 9.17) is 16.3 Å². The van der Waals surface area contributed by atoms with Crippen molar-refractivity contribution in [1.29, 1.82) is 0 Å². The van der Waals surface area contributed by atoms with Crippen LogP contribution in [0.1, 0.15) is 49.4 Å². The van der Waals surface area contributed by atoms with Crippen molar-refractivity contribution in [2.75, 3.05) is 18.5 Å². The van der Waals surface area contributed by atoms with Gasteiger partial charge in [-0.2, -0.15) is 0 Å². The van der Waals surface area contributed by atoms with E-state index >= 15 is 0 Å². The minimum Gasteiger partial charge on any atom is -0.372 e. The van der Waals surface area contributed by atoms with Crippen LogP contribution < -0.4 is 10.6 Å². The second-order valence-electron chi connectivity index (χ2n) is 5.69. The van der Waals surface area contributed by atoms with Crippen LogP contribution in [-0.2, 0) is 9.53 Å². The van der Waals surface area contributed by atoms with Crippen molar-refractivity contribution in [3.8, 4) is 0 Å². The number of nitrogens with one attached hydrogen (secondary N) is 2. The number of carbonyl (C=O) groups excluding carboxylic acids is 2. The Labute approximate surface area is 141 Å². The average molecular weight is 339 g/mol. The van der Waals surface area contributed by atoms with Gasteiger partial charge in [-0.1, -0.05) is 30.9 Å². The predicted molar refractivity (Wildman–Crippen MR) is 90.9 cm³/mol. The number of anilines is 1. The molecule has 1 aromatic rings. The molecule has 2 rings (SSSR count). The fraction of sp³-hybridized carbons (Fsp3) is 0.529. The molecule has 6 heteroatoms. The van der Waals surface area contributed by atoms with Gasteiger partial charge in [0, 0.05) is 18.2 Å². The van der Waals surface area contributed by atoms with Gasteiger partial charge >= 0.3 is 0 Å². The van der Waals surface area contributed by atoms with Crippen LogP contribution in [0, 0.1) is 0 Å². The Kier molecular flexibility index (Phi) is 6.86. The predicted octanol–water partition coefficient (Wildman–Crippen LogP) is 3.38. The molecule has 0 heterocycles. The normalized spacial score (nSPS) is 15.2. The molecule has 1 aromatic carbocycles. The third kappa shape index (κ3) is 5.52. The zero-order chi connectivity index (χ0) is 16.7. The molecular formula is C17H23ClN2O3. The van der Waals surface area contributed by atoms with Crippen LogP contribution in [0.2, 0.25) is 5.02 Å². The Hall–Kier alpha value is -1.59. The Morgan fingerprint density at radius 3 is 2.70 bits per heavy atom. The van der Waals surface area contributed by atoms with Gasteiger partial charge in [0.2, 0.25) is 5.91 Å². The number of ether oxygens (including phenoxy) is 1. The van der Waals surface area contributed by atoms with E-state index in [0.717, 1.165) is 25.7 Å². The van der Waals surface area contributed by atoms with Gasteiger partial charge in [0.25, 0.3) is 5.91 Å². The quantitative estimate of drug-likeness (QED) is 0.835. The van der Waals surface area contributed by atoms with Crippen LogP contribution in [0.4, 0.5) is 5.69 Å². The number of hydrogen-bond acceptors (Lipinski definition) is 3. The second-order valence-corrected chi connectivity index (χ2v) is 6.10. The summed E-state index contributed by atoms with van der Waals surface area (Å²) in [4.78, 5) is 24.1. The van der Waals surface area contributed by atoms with Crippen molar-refractivity contribution in [2.24, 2.45) is 0 Å². The van der Waals surface area contributed by atoms with E-state index in [9.17, 15) is 9.59 Å². The van der Waals surface area contributed by atoms with Gasteiger partial charge < -0.3 is 15.4 Å². The van der Waals surface area contributed by atoms with E-state index in [1.807, 2.05) is 6.92 Å². The summed E-state index contributed by atoms with van der Waals surface area (Å²) in [6.45, 7) is 2.24. The summed E-state index contributed by atoms with van der Waals surface area (Å²) in [6.07, 6.45) is 5.60. The first-order chi connectivity index (χ1) is 11.1. The highest BCUT2D eigenvalue weighted by molar-refractivity contribution is 6.33. The molecule has 126 valence electrons. The van der Waals surface area contributed by atoms with Crippen molar-refractivity contribution in [1.82, 2.24) is 5.32 Å². The summed E-state index contributed by atoms with van der Waals surface area (Å²) in [6, 6.07) is 5.12. The molecule has 0 aromatic heterocycles. The average Bonchev–Trinajstić information content (AvgIpc) is 2.56. The summed E-state index contributed by atoms with van der Waals surface area (Å²) in [5.41, 5.74) is 0.916. The topological polar surface area (TPSA) is 67.4 Å². The highest BCUT2D eigenvalue weighted by atomic mass is 35.5. The molecule has 0 unspecified atom stereocenters. The van der Waals surface area contributed by atoms with Gasteiger partial charge in [-0.05, 0) is 38.0 Å². The number of hydrogen-bond donors (Lipinski definition) is 2. The lowest BCUT2D eigenvalue weighted by atomic mass is 9.95. The first kappa shape index (κ1) is 17.8. The Bertz CT molecular complexity index is 557. The van der Waals surface area contributed by atoms with Crippen molar-refractivity contribution in [3.05, 3.63) is 28.8 Å². The van der Waals surface area contributed by atoms with Gasteiger partial charge in [0.05, 0.1) is 10.7 Å². The molecular weight excluding hydrogens is 316 g/mol. The molecule has 0 bridgehead atoms. The maximum Gasteiger partial charge on any atom is 0.251 e. The molecule has 0 aliphatic heterocycles. The molecule has 5 nitrogen and oxygen atoms in total. The zero-order valence-electron chi connectivity index (χ0n) is 13.4. The van der Waals surface area contributed by atoms with Gasteiger partial charge in [-0.3, -0.25) is 9.59 Å². The SMILES string of the molecule is CCOCC(=O)Nc1cc(C(=O)NC2CCCCC2)ccc1Cl. The van der Waals surface area contributed by atoms with Crippen molar-refractivity contribution in [3.63, 3.8) is 0 Å². The van der Waals surface area contributed by atoms with Gasteiger partial charge in [0.1, 0.15) is 6.61 Å². The first-order valence-electron chi connectivity index (χ1n) is 8.08. The molecule has 0 saturated heterocycles. The molecule has 0 radical (unpaired) electrons. The lowest BCUT2D eigenvalue weighted by molar-refractivity contribution is -0.120. The fourth-order valence-corrected chi connectivity index (χ4v) is 2.82. The summed E-state index contributed by atoms with van der Waals surface area (Å²) in [7, 11) is 0. The van der Waals surface area contributed by atoms with E-state index < -0.39 is 0 Å². The van der Waals surface area contributed by atoms with E-state index in [1.54, 1.807) is 18.2 Å². The standard InChI is InChI=1S/C17H23ClN2O3/c1-2-23-11-16(21)20-15-10-12(8-9-14(15)18)17(22)19-13-6-4-3-5-7-13/h8-10,13H,2-7,11H2,1H3,(H,19,22)(H,20,21). The molecule has 2 amide bonds. The number of benzene rings is 1. The van der Waals surface area contributed by atoms with Crippen molar-refractivity contribution < 1.29 is 14.3 Å². The minimum absolute atomic E-state index is 0.0364. The third-order valence-electron chi connectivity index (χ3n) is 3.88. The van der Waals surface area contributed by atoms with Gasteiger partial charge in [-0.25, -0.2) is 0 Å². The second kappa shape index (κ2) is 8.89. The highest BCUT2D eigenvalue weighted by Gasteiger charge is 2.17. The Balaban J connectivity index is 2.00. The maximum atomic E-state index is 12.3. The van der Waals surface area contributed by atoms with E-state index in [1.165, 1.54) is 6.42 Å². The Morgan fingerprint density at radius 1 is 1.26 bits per heavy atom. The number of rotatable bonds is 6. The van der Waals surface area contributed by atoms with Crippen molar-refractivity contribution in [2.45, 2.75) is 45.1 Å². The summed E-state index contributed by atoms with van der Waals surface area (Å²) in [5.74, 6) is -0.424. The highest BCUT2D eigenvalue weighted by Crippen LogP contribution is 2.24. The monoisotopic (exact) mass is 338 g/mol. The molecule has 0 atom stereocenters. The van der Waals surface area contributed by atoms with Crippen LogP contribution in [0.15, 0.2) is 18.2 Å². The lowest BCUT2D eigenvalue weighted by Gasteiger charge is -2.22. The largest absolute Gasteiger partial charge is 0.372 e. The molecule has 23 heavy (non-hydrogen) atoms. The van der Waals surface area contributed by atoms with Crippen LogP contribution in [0.5, 0.6) is 0 Å². The third-order valence-corrected chi connectivity index (χ3v) is 4.21. The van der Waals surface area contributed by atoms with E-state index in [-0.39, 0.29) is 24.5 Å². The maximum absolute atomic E-state index is 12.3. The first-order valence-corrected chi connectivity index (χ1v) is 8.46.